The SMILES string of the molecule is CNC(Cc1cccnc1)C(=O)C(C)C. The van der Waals surface area contributed by atoms with Crippen molar-refractivity contribution in [2.75, 3.05) is 7.05 Å². The molecule has 1 atom stereocenters. The molecule has 1 unspecified atom stereocenters. The molecule has 0 aliphatic heterocycles. The lowest BCUT2D eigenvalue weighted by Gasteiger charge is -2.16. The Kier molecular flexibility index (Phi) is 4.43. The zero-order chi connectivity index (χ0) is 11.3. The molecule has 0 radical (unpaired) electrons. The summed E-state index contributed by atoms with van der Waals surface area (Å²) in [5.41, 5.74) is 1.09. The Morgan fingerprint density at radius 1 is 1.53 bits per heavy atom. The maximum Gasteiger partial charge on any atom is 0.152 e. The van der Waals surface area contributed by atoms with Gasteiger partial charge in [0.1, 0.15) is 0 Å². The monoisotopic (exact) mass is 206 g/mol. The first kappa shape index (κ1) is 11.9. The summed E-state index contributed by atoms with van der Waals surface area (Å²) in [4.78, 5) is 15.8. The summed E-state index contributed by atoms with van der Waals surface area (Å²) in [7, 11) is 1.82. The molecule has 0 saturated heterocycles. The van der Waals surface area contributed by atoms with Crippen molar-refractivity contribution in [1.29, 1.82) is 0 Å². The maximum absolute atomic E-state index is 11.8. The Hall–Kier alpha value is -1.22. The Labute approximate surface area is 90.9 Å². The van der Waals surface area contributed by atoms with Gasteiger partial charge in [0, 0.05) is 18.3 Å². The molecule has 0 aliphatic carbocycles. The molecule has 1 aromatic heterocycles. The average molecular weight is 206 g/mol. The fourth-order valence-electron chi connectivity index (χ4n) is 1.50. The van der Waals surface area contributed by atoms with Gasteiger partial charge in [-0.05, 0) is 25.1 Å². The Bertz CT molecular complexity index is 309. The molecule has 82 valence electrons. The molecular weight excluding hydrogens is 188 g/mol. The van der Waals surface area contributed by atoms with Crippen LogP contribution in [0.1, 0.15) is 19.4 Å². The van der Waals surface area contributed by atoms with E-state index in [-0.39, 0.29) is 17.7 Å². The molecule has 0 spiro atoms. The molecule has 1 rings (SSSR count). The summed E-state index contributed by atoms with van der Waals surface area (Å²) >= 11 is 0. The third kappa shape index (κ3) is 3.44. The molecule has 0 amide bonds. The normalized spacial score (nSPS) is 12.8. The molecule has 1 N–H and O–H groups in total. The van der Waals surface area contributed by atoms with E-state index in [0.717, 1.165) is 5.56 Å². The number of pyridine rings is 1. The quantitative estimate of drug-likeness (QED) is 0.792. The number of Topliss-reactive ketones (excluding diaryl/α,β-unsaturated/α-hetero) is 1. The lowest BCUT2D eigenvalue weighted by Crippen LogP contribution is -2.38. The van der Waals surface area contributed by atoms with Gasteiger partial charge in [-0.25, -0.2) is 0 Å². The smallest absolute Gasteiger partial charge is 0.152 e. The van der Waals surface area contributed by atoms with Gasteiger partial charge in [-0.1, -0.05) is 19.9 Å². The first-order valence-electron chi connectivity index (χ1n) is 5.25. The fourth-order valence-corrected chi connectivity index (χ4v) is 1.50. The molecule has 0 saturated carbocycles. The number of nitrogens with zero attached hydrogens (tertiary/aromatic N) is 1. The number of carbonyl (C=O) groups is 1. The third-order valence-electron chi connectivity index (χ3n) is 2.42. The van der Waals surface area contributed by atoms with E-state index in [0.29, 0.717) is 6.42 Å². The first-order chi connectivity index (χ1) is 7.15. The number of hydrogen-bond acceptors (Lipinski definition) is 3. The van der Waals surface area contributed by atoms with Gasteiger partial charge >= 0.3 is 0 Å². The van der Waals surface area contributed by atoms with Crippen molar-refractivity contribution >= 4 is 5.78 Å². The van der Waals surface area contributed by atoms with Gasteiger partial charge in [0.05, 0.1) is 6.04 Å². The Morgan fingerprint density at radius 2 is 2.27 bits per heavy atom. The predicted molar refractivity (Wildman–Crippen MR) is 60.6 cm³/mol. The van der Waals surface area contributed by atoms with Gasteiger partial charge in [0.2, 0.25) is 0 Å². The molecular formula is C12H18N2O. The van der Waals surface area contributed by atoms with Crippen LogP contribution in [-0.2, 0) is 11.2 Å². The van der Waals surface area contributed by atoms with Crippen LogP contribution in [0, 0.1) is 5.92 Å². The molecule has 15 heavy (non-hydrogen) atoms. The molecule has 0 aliphatic rings. The number of rotatable bonds is 5. The summed E-state index contributed by atoms with van der Waals surface area (Å²) in [6.07, 6.45) is 4.25. The summed E-state index contributed by atoms with van der Waals surface area (Å²) < 4.78 is 0. The maximum atomic E-state index is 11.8. The number of ketones is 1. The lowest BCUT2D eigenvalue weighted by atomic mass is 9.97. The minimum atomic E-state index is -0.103. The zero-order valence-corrected chi connectivity index (χ0v) is 9.53. The van der Waals surface area contributed by atoms with E-state index >= 15 is 0 Å². The highest BCUT2D eigenvalue weighted by Gasteiger charge is 2.19. The highest BCUT2D eigenvalue weighted by molar-refractivity contribution is 5.85. The Balaban J connectivity index is 2.66. The first-order valence-corrected chi connectivity index (χ1v) is 5.25. The largest absolute Gasteiger partial charge is 0.310 e. The van der Waals surface area contributed by atoms with E-state index in [1.165, 1.54) is 0 Å². The van der Waals surface area contributed by atoms with Crippen LogP contribution in [-0.4, -0.2) is 23.9 Å². The van der Waals surface area contributed by atoms with E-state index in [4.69, 9.17) is 0 Å². The standard InChI is InChI=1S/C12H18N2O/c1-9(2)12(15)11(13-3)7-10-5-4-6-14-8-10/h4-6,8-9,11,13H,7H2,1-3H3. The zero-order valence-electron chi connectivity index (χ0n) is 9.53. The second-order valence-corrected chi connectivity index (χ2v) is 3.96. The van der Waals surface area contributed by atoms with E-state index in [9.17, 15) is 4.79 Å². The van der Waals surface area contributed by atoms with Crippen molar-refractivity contribution < 1.29 is 4.79 Å². The molecule has 0 fully saturated rings. The number of nitrogens with one attached hydrogen (secondary N) is 1. The van der Waals surface area contributed by atoms with Gasteiger partial charge in [-0.3, -0.25) is 9.78 Å². The minimum Gasteiger partial charge on any atom is -0.310 e. The predicted octanol–water partition coefficient (Wildman–Crippen LogP) is 1.44. The van der Waals surface area contributed by atoms with Gasteiger partial charge in [0.15, 0.2) is 5.78 Å². The van der Waals surface area contributed by atoms with E-state index in [2.05, 4.69) is 10.3 Å². The molecule has 0 aromatic carbocycles. The summed E-state index contributed by atoms with van der Waals surface area (Å²) in [5, 5.41) is 3.05. The van der Waals surface area contributed by atoms with Crippen LogP contribution in [0.4, 0.5) is 0 Å². The van der Waals surface area contributed by atoms with Crippen LogP contribution >= 0.6 is 0 Å². The van der Waals surface area contributed by atoms with Crippen molar-refractivity contribution in [1.82, 2.24) is 10.3 Å². The summed E-state index contributed by atoms with van der Waals surface area (Å²) in [6.45, 7) is 3.85. The Morgan fingerprint density at radius 3 is 2.73 bits per heavy atom. The molecule has 1 heterocycles. The van der Waals surface area contributed by atoms with Gasteiger partial charge in [0.25, 0.3) is 0 Å². The molecule has 3 heteroatoms. The van der Waals surface area contributed by atoms with Gasteiger partial charge in [-0.15, -0.1) is 0 Å². The van der Waals surface area contributed by atoms with Crippen molar-refractivity contribution in [2.45, 2.75) is 26.3 Å². The lowest BCUT2D eigenvalue weighted by molar-refractivity contribution is -0.123. The van der Waals surface area contributed by atoms with Crippen LogP contribution in [0.3, 0.4) is 0 Å². The summed E-state index contributed by atoms with van der Waals surface area (Å²) in [5.74, 6) is 0.320. The van der Waals surface area contributed by atoms with Crippen LogP contribution < -0.4 is 5.32 Å². The van der Waals surface area contributed by atoms with E-state index in [1.807, 2.05) is 33.0 Å². The van der Waals surface area contributed by atoms with Crippen molar-refractivity contribution in [3.63, 3.8) is 0 Å². The number of aromatic nitrogens is 1. The number of carbonyl (C=O) groups excluding carboxylic acids is 1. The highest BCUT2D eigenvalue weighted by atomic mass is 16.1. The number of hydrogen-bond donors (Lipinski definition) is 1. The topological polar surface area (TPSA) is 42.0 Å². The van der Waals surface area contributed by atoms with Gasteiger partial charge < -0.3 is 5.32 Å². The molecule has 3 nitrogen and oxygen atoms in total. The second kappa shape index (κ2) is 5.61. The van der Waals surface area contributed by atoms with Crippen molar-refractivity contribution in [2.24, 2.45) is 5.92 Å². The average Bonchev–Trinajstić information content (AvgIpc) is 2.26. The number of likely N-dealkylation sites (N-methyl/N-ethyl adjacent to an activating group) is 1. The van der Waals surface area contributed by atoms with Crippen LogP contribution in [0.15, 0.2) is 24.5 Å². The van der Waals surface area contributed by atoms with Crippen LogP contribution in [0.2, 0.25) is 0 Å². The van der Waals surface area contributed by atoms with Crippen molar-refractivity contribution in [3.05, 3.63) is 30.1 Å². The summed E-state index contributed by atoms with van der Waals surface area (Å²) in [6, 6.07) is 3.78. The van der Waals surface area contributed by atoms with Gasteiger partial charge in [-0.2, -0.15) is 0 Å². The fraction of sp³-hybridized carbons (Fsp3) is 0.500. The third-order valence-corrected chi connectivity index (χ3v) is 2.42. The molecule has 0 bridgehead atoms. The molecule has 1 aromatic rings. The van der Waals surface area contributed by atoms with E-state index < -0.39 is 0 Å². The highest BCUT2D eigenvalue weighted by Crippen LogP contribution is 2.06. The second-order valence-electron chi connectivity index (χ2n) is 3.96. The van der Waals surface area contributed by atoms with Crippen LogP contribution in [0.5, 0.6) is 0 Å². The minimum absolute atomic E-state index is 0.0686. The van der Waals surface area contributed by atoms with Crippen LogP contribution in [0.25, 0.3) is 0 Å². The van der Waals surface area contributed by atoms with E-state index in [1.54, 1.807) is 12.4 Å². The van der Waals surface area contributed by atoms with Crippen molar-refractivity contribution in [3.8, 4) is 0 Å².